The first kappa shape index (κ1) is 17.1. The minimum atomic E-state index is -4.37. The lowest BCUT2D eigenvalue weighted by Crippen LogP contribution is -2.42. The first-order chi connectivity index (χ1) is 7.64. The average molecular weight is 268 g/mol. The molecular weight excluding hydrogens is 241 g/mol. The first-order valence-electron chi connectivity index (χ1n) is 6.18. The van der Waals surface area contributed by atoms with Crippen LogP contribution in [0.3, 0.4) is 0 Å². The highest BCUT2D eigenvalue weighted by Crippen LogP contribution is 2.38. The molecule has 0 amide bonds. The summed E-state index contributed by atoms with van der Waals surface area (Å²) in [5.41, 5.74) is 0. The van der Waals surface area contributed by atoms with Crippen molar-refractivity contribution in [1.82, 2.24) is 0 Å². The van der Waals surface area contributed by atoms with Crippen LogP contribution in [0.4, 0.5) is 0 Å². The molecular formula is C11H27NO4P+. The Bertz CT molecular complexity index is 246. The number of hydrogen-bond donors (Lipinski definition) is 2. The maximum Gasteiger partial charge on any atom is 0.470 e. The molecule has 5 nitrogen and oxygen atoms in total. The fourth-order valence-electron chi connectivity index (χ4n) is 1.78. The number of quaternary nitrogens is 1. The summed E-state index contributed by atoms with van der Waals surface area (Å²) in [7, 11) is 1.59. The average Bonchev–Trinajstić information content (AvgIpc) is 2.06. The van der Waals surface area contributed by atoms with E-state index < -0.39 is 7.82 Å². The molecule has 0 aromatic rings. The Morgan fingerprint density at radius 2 is 1.76 bits per heavy atom. The zero-order chi connectivity index (χ0) is 13.5. The van der Waals surface area contributed by atoms with E-state index in [4.69, 9.17) is 14.3 Å². The van der Waals surface area contributed by atoms with Crippen molar-refractivity contribution in [2.75, 3.05) is 27.7 Å². The molecule has 0 fully saturated rings. The van der Waals surface area contributed by atoms with Crippen LogP contribution in [-0.2, 0) is 9.09 Å². The summed E-state index contributed by atoms with van der Waals surface area (Å²) in [6, 6.07) is 0. The van der Waals surface area contributed by atoms with E-state index in [0.29, 0.717) is 17.4 Å². The predicted molar refractivity (Wildman–Crippen MR) is 68.6 cm³/mol. The molecule has 0 bridgehead atoms. The van der Waals surface area contributed by atoms with Crippen LogP contribution in [0.2, 0.25) is 0 Å². The van der Waals surface area contributed by atoms with Gasteiger partial charge < -0.3 is 14.3 Å². The smallest absolute Gasteiger partial charge is 0.329 e. The lowest BCUT2D eigenvalue weighted by Gasteiger charge is -2.29. The van der Waals surface area contributed by atoms with E-state index in [-0.39, 0.29) is 6.10 Å². The topological polar surface area (TPSA) is 66.8 Å². The molecule has 0 radical (unpaired) electrons. The Balaban J connectivity index is 4.17. The van der Waals surface area contributed by atoms with Crippen molar-refractivity contribution in [1.29, 1.82) is 0 Å². The number of unbranched alkanes of at least 4 members (excludes halogenated alkanes) is 3. The zero-order valence-electron chi connectivity index (χ0n) is 11.4. The maximum atomic E-state index is 10.9. The Hall–Kier alpha value is 0.0700. The van der Waals surface area contributed by atoms with Crippen LogP contribution in [0.15, 0.2) is 0 Å². The number of phosphoric acid groups is 1. The van der Waals surface area contributed by atoms with E-state index in [1.54, 1.807) is 0 Å². The molecule has 104 valence electrons. The Morgan fingerprint density at radius 3 is 2.18 bits per heavy atom. The molecule has 0 aliphatic rings. The number of nitrogens with zero attached hydrogens (tertiary/aromatic N) is 1. The van der Waals surface area contributed by atoms with Crippen LogP contribution in [0.1, 0.15) is 39.0 Å². The van der Waals surface area contributed by atoms with Gasteiger partial charge in [-0.2, -0.15) is 0 Å². The SMILES string of the molecule is CCCCCCC(C[N+](C)(C)C)OP(=O)(O)O. The van der Waals surface area contributed by atoms with E-state index in [1.165, 1.54) is 0 Å². The van der Waals surface area contributed by atoms with E-state index in [9.17, 15) is 4.57 Å². The molecule has 0 aliphatic carbocycles. The van der Waals surface area contributed by atoms with Crippen LogP contribution in [-0.4, -0.2) is 48.1 Å². The highest BCUT2D eigenvalue weighted by Gasteiger charge is 2.26. The van der Waals surface area contributed by atoms with Crippen LogP contribution >= 0.6 is 7.82 Å². The first-order valence-corrected chi connectivity index (χ1v) is 7.71. The molecule has 2 N–H and O–H groups in total. The third-order valence-electron chi connectivity index (χ3n) is 2.42. The zero-order valence-corrected chi connectivity index (χ0v) is 12.3. The standard InChI is InChI=1S/C11H26NO4P/c1-5-6-7-8-9-11(10-12(2,3)4)16-17(13,14)15/h11H,5-10H2,1-4H3,(H-,13,14,15)/p+1. The van der Waals surface area contributed by atoms with Gasteiger partial charge in [0.1, 0.15) is 12.6 Å². The fourth-order valence-corrected chi connectivity index (χ4v) is 2.34. The van der Waals surface area contributed by atoms with Crippen molar-refractivity contribution in [3.63, 3.8) is 0 Å². The van der Waals surface area contributed by atoms with Gasteiger partial charge in [-0.1, -0.05) is 32.6 Å². The van der Waals surface area contributed by atoms with Gasteiger partial charge in [0.05, 0.1) is 21.1 Å². The van der Waals surface area contributed by atoms with Gasteiger partial charge in [0.2, 0.25) is 0 Å². The molecule has 0 spiro atoms. The molecule has 6 heteroatoms. The molecule has 0 heterocycles. The Morgan fingerprint density at radius 1 is 1.18 bits per heavy atom. The fraction of sp³-hybridized carbons (Fsp3) is 1.00. The summed E-state index contributed by atoms with van der Waals surface area (Å²) >= 11 is 0. The monoisotopic (exact) mass is 268 g/mol. The number of rotatable bonds is 9. The van der Waals surface area contributed by atoms with Crippen LogP contribution < -0.4 is 0 Å². The molecule has 0 saturated carbocycles. The molecule has 0 aromatic heterocycles. The third kappa shape index (κ3) is 12.3. The number of likely N-dealkylation sites (N-methyl/N-ethyl adjacent to an activating group) is 1. The van der Waals surface area contributed by atoms with Crippen LogP contribution in [0, 0.1) is 0 Å². The third-order valence-corrected chi connectivity index (χ3v) is 2.99. The van der Waals surface area contributed by atoms with Crippen molar-refractivity contribution in [2.45, 2.75) is 45.1 Å². The summed E-state index contributed by atoms with van der Waals surface area (Å²) in [6.07, 6.45) is 4.70. The van der Waals surface area contributed by atoms with Crippen molar-refractivity contribution in [3.8, 4) is 0 Å². The molecule has 1 atom stereocenters. The minimum absolute atomic E-state index is 0.368. The Kier molecular flexibility index (Phi) is 7.52. The van der Waals surface area contributed by atoms with Gasteiger partial charge in [-0.15, -0.1) is 0 Å². The lowest BCUT2D eigenvalue weighted by molar-refractivity contribution is -0.873. The number of hydrogen-bond acceptors (Lipinski definition) is 2. The molecule has 0 aromatic carbocycles. The highest BCUT2D eigenvalue weighted by atomic mass is 31.2. The van der Waals surface area contributed by atoms with Crippen LogP contribution in [0.5, 0.6) is 0 Å². The maximum absolute atomic E-state index is 10.9. The van der Waals surface area contributed by atoms with Crippen molar-refractivity contribution in [2.24, 2.45) is 0 Å². The summed E-state index contributed by atoms with van der Waals surface area (Å²) in [5.74, 6) is 0. The molecule has 1 unspecified atom stereocenters. The normalized spacial score (nSPS) is 14.9. The van der Waals surface area contributed by atoms with Crippen molar-refractivity contribution < 1.29 is 23.4 Å². The van der Waals surface area contributed by atoms with Gasteiger partial charge in [0, 0.05) is 0 Å². The second-order valence-electron chi connectivity index (χ2n) is 5.54. The second kappa shape index (κ2) is 7.49. The van der Waals surface area contributed by atoms with E-state index in [2.05, 4.69) is 6.92 Å². The van der Waals surface area contributed by atoms with E-state index in [0.717, 1.165) is 25.7 Å². The van der Waals surface area contributed by atoms with Gasteiger partial charge in [-0.25, -0.2) is 4.57 Å². The Labute approximate surface area is 105 Å². The highest BCUT2D eigenvalue weighted by molar-refractivity contribution is 7.46. The van der Waals surface area contributed by atoms with Crippen LogP contribution in [0.25, 0.3) is 0 Å². The molecule has 0 aliphatic heterocycles. The van der Waals surface area contributed by atoms with Crippen molar-refractivity contribution >= 4 is 7.82 Å². The van der Waals surface area contributed by atoms with E-state index >= 15 is 0 Å². The minimum Gasteiger partial charge on any atom is -0.329 e. The van der Waals surface area contributed by atoms with Gasteiger partial charge in [-0.05, 0) is 6.42 Å². The van der Waals surface area contributed by atoms with Gasteiger partial charge >= 0.3 is 7.82 Å². The largest absolute Gasteiger partial charge is 0.470 e. The second-order valence-corrected chi connectivity index (χ2v) is 6.73. The van der Waals surface area contributed by atoms with E-state index in [1.807, 2.05) is 21.1 Å². The summed E-state index contributed by atoms with van der Waals surface area (Å²) in [6.45, 7) is 2.74. The molecule has 17 heavy (non-hydrogen) atoms. The summed E-state index contributed by atoms with van der Waals surface area (Å²) in [4.78, 5) is 17.7. The predicted octanol–water partition coefficient (Wildman–Crippen LogP) is 2.14. The number of phosphoric ester groups is 1. The summed E-state index contributed by atoms with van der Waals surface area (Å²) in [5, 5.41) is 0. The quantitative estimate of drug-likeness (QED) is 0.382. The van der Waals surface area contributed by atoms with Gasteiger partial charge in [-0.3, -0.25) is 4.52 Å². The molecule has 0 rings (SSSR count). The van der Waals surface area contributed by atoms with Gasteiger partial charge in [0.25, 0.3) is 0 Å². The van der Waals surface area contributed by atoms with Gasteiger partial charge in [0.15, 0.2) is 0 Å². The molecule has 0 saturated heterocycles. The van der Waals surface area contributed by atoms with Crippen molar-refractivity contribution in [3.05, 3.63) is 0 Å². The summed E-state index contributed by atoms with van der Waals surface area (Å²) < 4.78 is 16.4. The lowest BCUT2D eigenvalue weighted by atomic mass is 10.1.